The summed E-state index contributed by atoms with van der Waals surface area (Å²) in [6, 6.07) is 10.3. The second-order valence-corrected chi connectivity index (χ2v) is 4.88. The fourth-order valence-corrected chi connectivity index (χ4v) is 2.12. The lowest BCUT2D eigenvalue weighted by molar-refractivity contribution is -0.148. The van der Waals surface area contributed by atoms with Gasteiger partial charge < -0.3 is 10.2 Å². The standard InChI is InChI=1S/C8H12O4.C7H8/c9-7(10)5-1-2-6(4-3-5)8(11)12;1-7-5-3-2-4-6-7/h5-6H,1-4H2,(H,9,10)(H,11,12);2-6H,1H3. The number of aliphatic carboxylic acids is 2. The van der Waals surface area contributed by atoms with E-state index in [0.29, 0.717) is 25.7 Å². The lowest BCUT2D eigenvalue weighted by Crippen LogP contribution is -2.25. The Morgan fingerprint density at radius 1 is 0.895 bits per heavy atom. The predicted octanol–water partition coefficient (Wildman–Crippen LogP) is 2.96. The van der Waals surface area contributed by atoms with Gasteiger partial charge in [-0.2, -0.15) is 0 Å². The first-order valence-electron chi connectivity index (χ1n) is 6.48. The molecule has 2 rings (SSSR count). The van der Waals surface area contributed by atoms with Gasteiger partial charge in [-0.05, 0) is 32.6 Å². The molecule has 0 atom stereocenters. The van der Waals surface area contributed by atoms with Gasteiger partial charge in [0.2, 0.25) is 0 Å². The van der Waals surface area contributed by atoms with E-state index in [0.717, 1.165) is 0 Å². The van der Waals surface area contributed by atoms with E-state index in [1.165, 1.54) is 5.56 Å². The Kier molecular flexibility index (Phi) is 6.06. The minimum absolute atomic E-state index is 0.319. The van der Waals surface area contributed by atoms with Crippen molar-refractivity contribution >= 4 is 11.9 Å². The van der Waals surface area contributed by atoms with Crippen molar-refractivity contribution in [2.45, 2.75) is 32.6 Å². The van der Waals surface area contributed by atoms with Crippen molar-refractivity contribution in [1.82, 2.24) is 0 Å². The summed E-state index contributed by atoms with van der Waals surface area (Å²) in [5.41, 5.74) is 1.32. The van der Waals surface area contributed by atoms with Crippen LogP contribution in [0.25, 0.3) is 0 Å². The molecule has 0 amide bonds. The summed E-state index contributed by atoms with van der Waals surface area (Å²) in [5.74, 6) is -2.22. The van der Waals surface area contributed by atoms with Gasteiger partial charge in [-0.3, -0.25) is 9.59 Å². The molecule has 0 heterocycles. The lowest BCUT2D eigenvalue weighted by Gasteiger charge is -2.22. The molecule has 4 nitrogen and oxygen atoms in total. The zero-order valence-electron chi connectivity index (χ0n) is 11.1. The molecule has 0 aromatic heterocycles. The van der Waals surface area contributed by atoms with Gasteiger partial charge in [0.05, 0.1) is 11.8 Å². The molecule has 4 heteroatoms. The van der Waals surface area contributed by atoms with Crippen LogP contribution < -0.4 is 0 Å². The number of rotatable bonds is 2. The molecule has 1 saturated carbocycles. The highest BCUT2D eigenvalue weighted by atomic mass is 16.4. The van der Waals surface area contributed by atoms with Gasteiger partial charge in [0.1, 0.15) is 0 Å². The second-order valence-electron chi connectivity index (χ2n) is 4.88. The van der Waals surface area contributed by atoms with Gasteiger partial charge >= 0.3 is 11.9 Å². The van der Waals surface area contributed by atoms with Crippen molar-refractivity contribution in [2.75, 3.05) is 0 Å². The summed E-state index contributed by atoms with van der Waals surface area (Å²) in [6.45, 7) is 2.08. The van der Waals surface area contributed by atoms with E-state index in [9.17, 15) is 9.59 Å². The third-order valence-electron chi connectivity index (χ3n) is 3.37. The Balaban J connectivity index is 0.000000218. The number of carbonyl (C=O) groups is 2. The molecule has 1 aliphatic rings. The number of hydrogen-bond donors (Lipinski definition) is 2. The highest BCUT2D eigenvalue weighted by molar-refractivity contribution is 5.72. The molecule has 0 saturated heterocycles. The van der Waals surface area contributed by atoms with Crippen molar-refractivity contribution in [3.63, 3.8) is 0 Å². The average molecular weight is 264 g/mol. The summed E-state index contributed by atoms with van der Waals surface area (Å²) in [4.78, 5) is 21.0. The molecule has 0 spiro atoms. The Hall–Kier alpha value is -1.84. The maximum Gasteiger partial charge on any atom is 0.306 e. The van der Waals surface area contributed by atoms with Crippen molar-refractivity contribution in [1.29, 1.82) is 0 Å². The molecule has 1 fully saturated rings. The first-order chi connectivity index (χ1) is 9.00. The van der Waals surface area contributed by atoms with Crippen LogP contribution in [-0.4, -0.2) is 22.2 Å². The molecule has 0 unspecified atom stereocenters. The van der Waals surface area contributed by atoms with Crippen LogP contribution in [0.1, 0.15) is 31.2 Å². The summed E-state index contributed by atoms with van der Waals surface area (Å²) in [7, 11) is 0. The van der Waals surface area contributed by atoms with Crippen LogP contribution in [0.5, 0.6) is 0 Å². The van der Waals surface area contributed by atoms with Gasteiger partial charge in [-0.25, -0.2) is 0 Å². The van der Waals surface area contributed by atoms with E-state index in [2.05, 4.69) is 19.1 Å². The molecule has 2 N–H and O–H groups in total. The monoisotopic (exact) mass is 264 g/mol. The van der Waals surface area contributed by atoms with E-state index in [-0.39, 0.29) is 11.8 Å². The minimum atomic E-state index is -0.793. The summed E-state index contributed by atoms with van der Waals surface area (Å²) in [6.07, 6.45) is 2.03. The molecule has 19 heavy (non-hydrogen) atoms. The predicted molar refractivity (Wildman–Crippen MR) is 71.9 cm³/mol. The van der Waals surface area contributed by atoms with E-state index in [1.807, 2.05) is 18.2 Å². The van der Waals surface area contributed by atoms with Crippen molar-refractivity contribution in [3.8, 4) is 0 Å². The van der Waals surface area contributed by atoms with E-state index in [4.69, 9.17) is 10.2 Å². The first kappa shape index (κ1) is 15.2. The van der Waals surface area contributed by atoms with Gasteiger partial charge in [-0.1, -0.05) is 35.9 Å². The highest BCUT2D eigenvalue weighted by Crippen LogP contribution is 2.28. The van der Waals surface area contributed by atoms with Crippen LogP contribution in [0.4, 0.5) is 0 Å². The van der Waals surface area contributed by atoms with Crippen molar-refractivity contribution < 1.29 is 19.8 Å². The number of carboxylic acids is 2. The summed E-state index contributed by atoms with van der Waals surface area (Å²) >= 11 is 0. The zero-order valence-corrected chi connectivity index (χ0v) is 11.1. The number of benzene rings is 1. The molecular weight excluding hydrogens is 244 g/mol. The first-order valence-corrected chi connectivity index (χ1v) is 6.48. The molecule has 104 valence electrons. The highest BCUT2D eigenvalue weighted by Gasteiger charge is 2.29. The van der Waals surface area contributed by atoms with E-state index >= 15 is 0 Å². The van der Waals surface area contributed by atoms with E-state index in [1.54, 1.807) is 0 Å². The fourth-order valence-electron chi connectivity index (χ4n) is 2.12. The van der Waals surface area contributed by atoms with Crippen LogP contribution in [0, 0.1) is 18.8 Å². The largest absolute Gasteiger partial charge is 0.481 e. The molecular formula is C15H20O4. The lowest BCUT2D eigenvalue weighted by atomic mass is 9.82. The van der Waals surface area contributed by atoms with Gasteiger partial charge in [-0.15, -0.1) is 0 Å². The summed E-state index contributed by atoms with van der Waals surface area (Å²) in [5, 5.41) is 17.2. The SMILES string of the molecule is Cc1ccccc1.O=C(O)C1CCC(C(=O)O)CC1. The molecule has 0 aliphatic heterocycles. The van der Waals surface area contributed by atoms with Crippen LogP contribution >= 0.6 is 0 Å². The van der Waals surface area contributed by atoms with Crippen LogP contribution in [0.3, 0.4) is 0 Å². The minimum Gasteiger partial charge on any atom is -0.481 e. The van der Waals surface area contributed by atoms with Gasteiger partial charge in [0, 0.05) is 0 Å². The Labute approximate surface area is 113 Å². The second kappa shape index (κ2) is 7.56. The number of aryl methyl sites for hydroxylation is 1. The maximum atomic E-state index is 10.5. The van der Waals surface area contributed by atoms with Crippen molar-refractivity contribution in [2.24, 2.45) is 11.8 Å². The quantitative estimate of drug-likeness (QED) is 0.861. The fraction of sp³-hybridized carbons (Fsp3) is 0.467. The van der Waals surface area contributed by atoms with Crippen LogP contribution in [0.2, 0.25) is 0 Å². The third-order valence-corrected chi connectivity index (χ3v) is 3.37. The topological polar surface area (TPSA) is 74.6 Å². The van der Waals surface area contributed by atoms with Crippen LogP contribution in [-0.2, 0) is 9.59 Å². The van der Waals surface area contributed by atoms with Gasteiger partial charge in [0.15, 0.2) is 0 Å². The maximum absolute atomic E-state index is 10.5. The van der Waals surface area contributed by atoms with Crippen molar-refractivity contribution in [3.05, 3.63) is 35.9 Å². The number of carboxylic acid groups (broad SMARTS) is 2. The van der Waals surface area contributed by atoms with Gasteiger partial charge in [0.25, 0.3) is 0 Å². The Bertz CT molecular complexity index is 383. The molecule has 0 bridgehead atoms. The Morgan fingerprint density at radius 2 is 1.26 bits per heavy atom. The number of hydrogen-bond acceptors (Lipinski definition) is 2. The normalized spacial score (nSPS) is 21.9. The molecule has 0 radical (unpaired) electrons. The average Bonchev–Trinajstić information content (AvgIpc) is 2.40. The molecule has 1 aromatic rings. The third kappa shape index (κ3) is 5.55. The Morgan fingerprint density at radius 3 is 1.47 bits per heavy atom. The molecule has 1 aromatic carbocycles. The zero-order chi connectivity index (χ0) is 14.3. The smallest absolute Gasteiger partial charge is 0.306 e. The van der Waals surface area contributed by atoms with Crippen LogP contribution in [0.15, 0.2) is 30.3 Å². The molecule has 1 aliphatic carbocycles. The summed E-state index contributed by atoms with van der Waals surface area (Å²) < 4.78 is 0. The van der Waals surface area contributed by atoms with E-state index < -0.39 is 11.9 Å².